The van der Waals surface area contributed by atoms with Gasteiger partial charge in [0.25, 0.3) is 0 Å². The maximum absolute atomic E-state index is 13.2. The van der Waals surface area contributed by atoms with E-state index in [1.807, 2.05) is 20.8 Å². The van der Waals surface area contributed by atoms with Gasteiger partial charge in [-0.1, -0.05) is 11.3 Å². The van der Waals surface area contributed by atoms with Gasteiger partial charge in [0.2, 0.25) is 11.6 Å². The number of ketones is 2. The highest BCUT2D eigenvalue weighted by atomic mass is 32.1. The minimum Gasteiger partial charge on any atom is -0.444 e. The lowest BCUT2D eigenvalue weighted by Crippen LogP contribution is -2.41. The van der Waals surface area contributed by atoms with E-state index in [0.29, 0.717) is 31.5 Å². The molecule has 0 saturated carbocycles. The maximum atomic E-state index is 13.2. The highest BCUT2D eigenvalue weighted by molar-refractivity contribution is 7.17. The second kappa shape index (κ2) is 7.52. The molecule has 2 aromatic rings. The first-order valence-corrected chi connectivity index (χ1v) is 10.7. The molecule has 0 bridgehead atoms. The van der Waals surface area contributed by atoms with Gasteiger partial charge in [-0.25, -0.2) is 4.79 Å². The molecule has 0 aromatic carbocycles. The molecule has 1 aliphatic carbocycles. The summed E-state index contributed by atoms with van der Waals surface area (Å²) < 4.78 is 5.43. The number of hydrogen-bond donors (Lipinski definition) is 0. The Morgan fingerprint density at radius 2 is 1.94 bits per heavy atom. The highest BCUT2D eigenvalue weighted by Crippen LogP contribution is 2.40. The molecular weight excluding hydrogens is 422 g/mol. The third kappa shape index (κ3) is 3.83. The molecule has 1 fully saturated rings. The molecule has 10 heteroatoms. The number of ether oxygens (including phenoxy) is 1. The molecule has 1 saturated heterocycles. The van der Waals surface area contributed by atoms with Crippen molar-refractivity contribution in [1.29, 1.82) is 0 Å². The Kier molecular flexibility index (Phi) is 5.12. The Morgan fingerprint density at radius 1 is 1.26 bits per heavy atom. The third-order valence-corrected chi connectivity index (χ3v) is 6.45. The lowest BCUT2D eigenvalue weighted by Gasteiger charge is -2.34. The third-order valence-electron chi connectivity index (χ3n) is 5.36. The van der Waals surface area contributed by atoms with Crippen molar-refractivity contribution in [1.82, 2.24) is 9.88 Å². The van der Waals surface area contributed by atoms with Gasteiger partial charge in [-0.05, 0) is 51.2 Å². The molecule has 9 nitrogen and oxygen atoms in total. The van der Waals surface area contributed by atoms with E-state index in [-0.39, 0.29) is 38.7 Å². The Hall–Kier alpha value is -3.14. The van der Waals surface area contributed by atoms with Gasteiger partial charge in [0, 0.05) is 25.4 Å². The van der Waals surface area contributed by atoms with Crippen LogP contribution in [0.3, 0.4) is 0 Å². The Labute approximate surface area is 182 Å². The van der Waals surface area contributed by atoms with Crippen LogP contribution in [0, 0.1) is 10.1 Å². The van der Waals surface area contributed by atoms with Crippen LogP contribution in [0.25, 0.3) is 0 Å². The zero-order valence-electron chi connectivity index (χ0n) is 17.3. The van der Waals surface area contributed by atoms with Crippen LogP contribution in [-0.2, 0) is 4.74 Å². The molecule has 0 N–H and O–H groups in total. The predicted octanol–water partition coefficient (Wildman–Crippen LogP) is 3.94. The number of fused-ring (bicyclic) bond motifs is 2. The number of piperidine rings is 1. The predicted molar refractivity (Wildman–Crippen MR) is 112 cm³/mol. The van der Waals surface area contributed by atoms with Crippen LogP contribution < -0.4 is 0 Å². The standard InChI is InChI=1S/C21H21N3O6S/c1-21(2,3)30-20(27)23-8-5-11(6-9-23)12-4-7-22-16-15(12)18(26)19-13(17(16)25)10-14(31-19)24(28)29/h4,7,10-11H,5-6,8-9H2,1-3H3. The Balaban J connectivity index is 1.60. The van der Waals surface area contributed by atoms with E-state index < -0.39 is 22.1 Å². The van der Waals surface area contributed by atoms with Gasteiger partial charge in [0.05, 0.1) is 20.9 Å². The van der Waals surface area contributed by atoms with Crippen molar-refractivity contribution in [3.05, 3.63) is 55.7 Å². The van der Waals surface area contributed by atoms with E-state index in [4.69, 9.17) is 4.74 Å². The van der Waals surface area contributed by atoms with Gasteiger partial charge in [0.1, 0.15) is 11.3 Å². The summed E-state index contributed by atoms with van der Waals surface area (Å²) in [7, 11) is 0. The summed E-state index contributed by atoms with van der Waals surface area (Å²) in [6, 6.07) is 2.88. The summed E-state index contributed by atoms with van der Waals surface area (Å²) in [5.74, 6) is -0.911. The van der Waals surface area contributed by atoms with Gasteiger partial charge in [-0.3, -0.25) is 24.7 Å². The lowest BCUT2D eigenvalue weighted by molar-refractivity contribution is -0.380. The molecule has 162 valence electrons. The van der Waals surface area contributed by atoms with Crippen molar-refractivity contribution < 1.29 is 24.0 Å². The number of hydrogen-bond acceptors (Lipinski definition) is 8. The van der Waals surface area contributed by atoms with E-state index in [1.165, 1.54) is 6.20 Å². The molecule has 2 aromatic heterocycles. The van der Waals surface area contributed by atoms with Gasteiger partial charge < -0.3 is 9.64 Å². The quantitative estimate of drug-likeness (QED) is 0.434. The monoisotopic (exact) mass is 443 g/mol. The van der Waals surface area contributed by atoms with E-state index in [2.05, 4.69) is 4.98 Å². The molecule has 2 aliphatic rings. The molecule has 1 amide bonds. The van der Waals surface area contributed by atoms with E-state index in [9.17, 15) is 24.5 Å². The highest BCUT2D eigenvalue weighted by Gasteiger charge is 2.39. The van der Waals surface area contributed by atoms with E-state index in [0.717, 1.165) is 17.4 Å². The fourth-order valence-corrected chi connectivity index (χ4v) is 4.89. The van der Waals surface area contributed by atoms with Crippen LogP contribution in [0.15, 0.2) is 18.3 Å². The first-order chi connectivity index (χ1) is 14.6. The number of carbonyl (C=O) groups is 3. The Bertz CT molecular complexity index is 1110. The Morgan fingerprint density at radius 3 is 2.55 bits per heavy atom. The second-order valence-corrected chi connectivity index (χ2v) is 9.64. The first kappa shape index (κ1) is 21.1. The first-order valence-electron chi connectivity index (χ1n) is 9.91. The number of nitro groups is 1. The number of carbonyl (C=O) groups excluding carboxylic acids is 3. The molecule has 0 radical (unpaired) electrons. The summed E-state index contributed by atoms with van der Waals surface area (Å²) in [5.41, 5.74) is 0.434. The normalized spacial score (nSPS) is 16.7. The summed E-state index contributed by atoms with van der Waals surface area (Å²) in [6.45, 7) is 6.37. The maximum Gasteiger partial charge on any atom is 0.410 e. The summed E-state index contributed by atoms with van der Waals surface area (Å²) >= 11 is 0.717. The van der Waals surface area contributed by atoms with Crippen LogP contribution in [-0.4, -0.2) is 51.2 Å². The number of amides is 1. The molecule has 0 unspecified atom stereocenters. The topological polar surface area (TPSA) is 120 Å². The van der Waals surface area contributed by atoms with Crippen molar-refractivity contribution in [2.24, 2.45) is 0 Å². The number of nitrogens with zero attached hydrogens (tertiary/aromatic N) is 3. The van der Waals surface area contributed by atoms with Crippen LogP contribution in [0.4, 0.5) is 9.80 Å². The smallest absolute Gasteiger partial charge is 0.410 e. The van der Waals surface area contributed by atoms with Gasteiger partial charge in [-0.2, -0.15) is 0 Å². The van der Waals surface area contributed by atoms with Crippen LogP contribution in [0.2, 0.25) is 0 Å². The minimum absolute atomic E-state index is 0.0383. The summed E-state index contributed by atoms with van der Waals surface area (Å²) in [6.07, 6.45) is 2.33. The largest absolute Gasteiger partial charge is 0.444 e. The van der Waals surface area contributed by atoms with E-state index >= 15 is 0 Å². The van der Waals surface area contributed by atoms with E-state index in [1.54, 1.807) is 11.0 Å². The molecule has 0 spiro atoms. The zero-order valence-corrected chi connectivity index (χ0v) is 18.2. The van der Waals surface area contributed by atoms with Crippen molar-refractivity contribution in [2.45, 2.75) is 45.1 Å². The van der Waals surface area contributed by atoms with Gasteiger partial charge in [0.15, 0.2) is 0 Å². The summed E-state index contributed by atoms with van der Waals surface area (Å²) in [4.78, 5) is 54.8. The number of thiophene rings is 1. The van der Waals surface area contributed by atoms with Crippen LogP contribution in [0.1, 0.15) is 76.4 Å². The molecule has 31 heavy (non-hydrogen) atoms. The van der Waals surface area contributed by atoms with Crippen LogP contribution in [0.5, 0.6) is 0 Å². The van der Waals surface area contributed by atoms with Gasteiger partial charge >= 0.3 is 11.1 Å². The fraction of sp³-hybridized carbons (Fsp3) is 0.429. The van der Waals surface area contributed by atoms with Crippen LogP contribution >= 0.6 is 11.3 Å². The van der Waals surface area contributed by atoms with Crippen molar-refractivity contribution in [3.63, 3.8) is 0 Å². The number of aromatic nitrogens is 1. The van der Waals surface area contributed by atoms with Crippen molar-refractivity contribution >= 4 is 34.0 Å². The zero-order chi connectivity index (χ0) is 22.5. The molecule has 3 heterocycles. The molecular formula is C21H21N3O6S. The minimum atomic E-state index is -0.602. The number of likely N-dealkylation sites (tertiary alicyclic amines) is 1. The number of rotatable bonds is 2. The average Bonchev–Trinajstić information content (AvgIpc) is 3.17. The molecule has 4 rings (SSSR count). The molecule has 0 atom stereocenters. The fourth-order valence-electron chi connectivity index (χ4n) is 3.97. The average molecular weight is 443 g/mol. The second-order valence-electron chi connectivity index (χ2n) is 8.61. The molecule has 1 aliphatic heterocycles. The lowest BCUT2D eigenvalue weighted by atomic mass is 9.81. The van der Waals surface area contributed by atoms with Crippen molar-refractivity contribution in [3.8, 4) is 0 Å². The van der Waals surface area contributed by atoms with Crippen molar-refractivity contribution in [2.75, 3.05) is 13.1 Å². The summed E-state index contributed by atoms with van der Waals surface area (Å²) in [5, 5.41) is 10.9. The van der Waals surface area contributed by atoms with Gasteiger partial charge in [-0.15, -0.1) is 0 Å². The number of pyridine rings is 1. The SMILES string of the molecule is CC(C)(C)OC(=O)N1CCC(c2ccnc3c2C(=O)c2sc([N+](=O)[O-])cc2C3=O)CC1.